The van der Waals surface area contributed by atoms with Crippen LogP contribution in [0.1, 0.15) is 32.1 Å². The molecule has 0 unspecified atom stereocenters. The lowest BCUT2D eigenvalue weighted by Gasteiger charge is -2.31. The number of imide groups is 1. The number of nitrogens with zero attached hydrogens (tertiary/aromatic N) is 1. The van der Waals surface area contributed by atoms with E-state index in [-0.39, 0.29) is 23.1 Å². The summed E-state index contributed by atoms with van der Waals surface area (Å²) in [5.41, 5.74) is 0.246. The third kappa shape index (κ3) is 4.32. The zero-order valence-corrected chi connectivity index (χ0v) is 17.4. The van der Waals surface area contributed by atoms with Gasteiger partial charge in [0.15, 0.2) is 13.2 Å². The number of halogens is 1. The van der Waals surface area contributed by atoms with Crippen LogP contribution in [0.3, 0.4) is 0 Å². The quantitative estimate of drug-likeness (QED) is 0.553. The first kappa shape index (κ1) is 20.3. The molecule has 4 rings (SSSR count). The van der Waals surface area contributed by atoms with Gasteiger partial charge in [-0.3, -0.25) is 14.4 Å². The van der Waals surface area contributed by atoms with E-state index in [4.69, 9.17) is 11.6 Å². The maximum atomic E-state index is 12.8. The third-order valence-electron chi connectivity index (χ3n) is 6.65. The second-order valence-corrected chi connectivity index (χ2v) is 9.06. The average Bonchev–Trinajstić information content (AvgIpc) is 3.26. The minimum absolute atomic E-state index is 0.00158. The number of hydrogen-bond donors (Lipinski definition) is 3. The molecule has 1 aromatic carbocycles. The Morgan fingerprint density at radius 3 is 2.41 bits per heavy atom. The van der Waals surface area contributed by atoms with Crippen molar-refractivity contribution in [1.82, 2.24) is 4.90 Å². The first-order valence-corrected chi connectivity index (χ1v) is 10.9. The predicted molar refractivity (Wildman–Crippen MR) is 109 cm³/mol. The molecular weight excluding hydrogens is 392 g/mol. The van der Waals surface area contributed by atoms with Gasteiger partial charge in [-0.1, -0.05) is 36.6 Å². The van der Waals surface area contributed by atoms with Gasteiger partial charge in [0.1, 0.15) is 26.2 Å². The van der Waals surface area contributed by atoms with Crippen LogP contribution in [-0.4, -0.2) is 62.0 Å². The fraction of sp³-hybridized carbons (Fsp3) is 0.571. The maximum Gasteiger partial charge on any atom is 0.279 e. The van der Waals surface area contributed by atoms with Gasteiger partial charge in [0.25, 0.3) is 5.91 Å². The molecule has 0 radical (unpaired) electrons. The molecule has 1 spiro atoms. The Morgan fingerprint density at radius 2 is 1.72 bits per heavy atom. The van der Waals surface area contributed by atoms with Crippen molar-refractivity contribution in [3.05, 3.63) is 29.3 Å². The molecule has 1 aromatic rings. The predicted octanol–water partition coefficient (Wildman–Crippen LogP) is -0.661. The summed E-state index contributed by atoms with van der Waals surface area (Å²) in [4.78, 5) is 41.6. The summed E-state index contributed by atoms with van der Waals surface area (Å²) >= 11 is 6.10. The lowest BCUT2D eigenvalue weighted by Crippen LogP contribution is -3.29. The molecule has 3 aliphatic rings. The van der Waals surface area contributed by atoms with E-state index in [1.807, 2.05) is 12.1 Å². The smallest absolute Gasteiger partial charge is 0.279 e. The number of anilines is 1. The normalized spacial score (nSPS) is 26.3. The number of hydrogen-bond acceptors (Lipinski definition) is 3. The number of benzene rings is 1. The molecule has 8 heteroatoms. The summed E-state index contributed by atoms with van der Waals surface area (Å²) in [6.45, 7) is 4.23. The van der Waals surface area contributed by atoms with E-state index in [1.165, 1.54) is 14.7 Å². The summed E-state index contributed by atoms with van der Waals surface area (Å²) < 4.78 is 0. The molecule has 3 fully saturated rings. The van der Waals surface area contributed by atoms with Gasteiger partial charge in [0, 0.05) is 6.42 Å². The standard InChI is InChI=1S/C21H27ClN4O3/c22-16-5-1-2-6-17(16)23-18(27)14-24-9-11-25(12-10-24)15-26-19(28)13-21(20(26)29)7-3-4-8-21/h1-2,5-6H,3-4,7-15H2,(H,23,27)/p+2. The topological polar surface area (TPSA) is 75.4 Å². The molecule has 2 saturated heterocycles. The van der Waals surface area contributed by atoms with Crippen LogP contribution in [0, 0.1) is 5.41 Å². The lowest BCUT2D eigenvalue weighted by molar-refractivity contribution is -1.01. The highest BCUT2D eigenvalue weighted by Gasteiger charge is 2.53. The number of amides is 3. The molecule has 7 nitrogen and oxygen atoms in total. The van der Waals surface area contributed by atoms with E-state index in [0.29, 0.717) is 30.3 Å². The van der Waals surface area contributed by atoms with Gasteiger partial charge >= 0.3 is 0 Å². The minimum Gasteiger partial charge on any atom is -0.320 e. The Hall–Kier alpha value is -1.96. The molecule has 3 N–H and O–H groups in total. The van der Waals surface area contributed by atoms with Crippen molar-refractivity contribution in [2.45, 2.75) is 32.1 Å². The molecule has 29 heavy (non-hydrogen) atoms. The van der Waals surface area contributed by atoms with Crippen molar-refractivity contribution in [2.24, 2.45) is 5.41 Å². The molecule has 2 heterocycles. The van der Waals surface area contributed by atoms with Crippen LogP contribution in [-0.2, 0) is 14.4 Å². The van der Waals surface area contributed by atoms with Gasteiger partial charge in [0.2, 0.25) is 11.8 Å². The highest BCUT2D eigenvalue weighted by Crippen LogP contribution is 2.46. The lowest BCUT2D eigenvalue weighted by atomic mass is 9.85. The molecule has 1 saturated carbocycles. The van der Waals surface area contributed by atoms with Gasteiger partial charge in [0.05, 0.1) is 16.1 Å². The van der Waals surface area contributed by atoms with E-state index in [1.54, 1.807) is 12.1 Å². The van der Waals surface area contributed by atoms with Crippen LogP contribution in [0.25, 0.3) is 0 Å². The van der Waals surface area contributed by atoms with Crippen LogP contribution in [0.15, 0.2) is 24.3 Å². The average molecular weight is 421 g/mol. The number of likely N-dealkylation sites (tertiary alicyclic amines) is 1. The number of piperazine rings is 1. The highest BCUT2D eigenvalue weighted by molar-refractivity contribution is 6.33. The van der Waals surface area contributed by atoms with Crippen LogP contribution in [0.5, 0.6) is 0 Å². The van der Waals surface area contributed by atoms with E-state index >= 15 is 0 Å². The molecule has 0 aromatic heterocycles. The second kappa shape index (κ2) is 8.42. The summed E-state index contributed by atoms with van der Waals surface area (Å²) in [6, 6.07) is 7.21. The van der Waals surface area contributed by atoms with E-state index < -0.39 is 0 Å². The van der Waals surface area contributed by atoms with Gasteiger partial charge in [-0.15, -0.1) is 0 Å². The summed E-state index contributed by atoms with van der Waals surface area (Å²) in [7, 11) is 0. The van der Waals surface area contributed by atoms with Crippen molar-refractivity contribution >= 4 is 35.0 Å². The van der Waals surface area contributed by atoms with Crippen molar-refractivity contribution in [3.8, 4) is 0 Å². The Labute approximate surface area is 176 Å². The van der Waals surface area contributed by atoms with Crippen molar-refractivity contribution in [3.63, 3.8) is 0 Å². The first-order valence-electron chi connectivity index (χ1n) is 10.5. The molecule has 0 atom stereocenters. The Bertz CT molecular complexity index is 801. The zero-order chi connectivity index (χ0) is 20.4. The number of rotatable bonds is 5. The van der Waals surface area contributed by atoms with Crippen molar-refractivity contribution < 1.29 is 24.2 Å². The number of carbonyl (C=O) groups excluding carboxylic acids is 3. The highest BCUT2D eigenvalue weighted by atomic mass is 35.5. The first-order chi connectivity index (χ1) is 14.0. The SMILES string of the molecule is O=C(C[NH+]1CC[NH+](CN2C(=O)CC3(CCCC3)C2=O)CC1)Nc1ccccc1Cl. The molecule has 2 aliphatic heterocycles. The molecular formula is C21H29ClN4O3+2. The van der Waals surface area contributed by atoms with Gasteiger partial charge in [-0.25, -0.2) is 4.90 Å². The van der Waals surface area contributed by atoms with Gasteiger partial charge < -0.3 is 15.1 Å². The largest absolute Gasteiger partial charge is 0.320 e. The number of carbonyl (C=O) groups is 3. The van der Waals surface area contributed by atoms with E-state index in [0.717, 1.165) is 51.9 Å². The Balaban J connectivity index is 1.24. The van der Waals surface area contributed by atoms with Crippen molar-refractivity contribution in [1.29, 1.82) is 0 Å². The number of quaternary nitrogens is 2. The monoisotopic (exact) mass is 420 g/mol. The van der Waals surface area contributed by atoms with Gasteiger partial charge in [-0.05, 0) is 25.0 Å². The molecule has 156 valence electrons. The summed E-state index contributed by atoms with van der Waals surface area (Å²) in [6.07, 6.45) is 4.23. The number of para-hydroxylation sites is 1. The van der Waals surface area contributed by atoms with Crippen LogP contribution >= 0.6 is 11.6 Å². The second-order valence-electron chi connectivity index (χ2n) is 8.65. The Morgan fingerprint density at radius 1 is 1.07 bits per heavy atom. The van der Waals surface area contributed by atoms with Crippen LogP contribution in [0.4, 0.5) is 5.69 Å². The molecule has 1 aliphatic carbocycles. The van der Waals surface area contributed by atoms with Crippen LogP contribution < -0.4 is 15.1 Å². The van der Waals surface area contributed by atoms with Crippen LogP contribution in [0.2, 0.25) is 5.02 Å². The fourth-order valence-electron chi connectivity index (χ4n) is 4.96. The maximum absolute atomic E-state index is 12.8. The summed E-state index contributed by atoms with van der Waals surface area (Å²) in [5, 5.41) is 3.40. The molecule has 0 bridgehead atoms. The number of nitrogens with one attached hydrogen (secondary N) is 3. The molecule has 3 amide bonds. The summed E-state index contributed by atoms with van der Waals surface area (Å²) in [5.74, 6) is 0.00399. The zero-order valence-electron chi connectivity index (χ0n) is 16.6. The van der Waals surface area contributed by atoms with E-state index in [9.17, 15) is 14.4 Å². The fourth-order valence-corrected chi connectivity index (χ4v) is 5.15. The van der Waals surface area contributed by atoms with Gasteiger partial charge in [-0.2, -0.15) is 0 Å². The van der Waals surface area contributed by atoms with Crippen molar-refractivity contribution in [2.75, 3.05) is 44.7 Å². The van der Waals surface area contributed by atoms with E-state index in [2.05, 4.69) is 5.32 Å². The Kier molecular flexibility index (Phi) is 5.90. The minimum atomic E-state index is -0.388. The third-order valence-corrected chi connectivity index (χ3v) is 6.98.